The first-order valence-corrected chi connectivity index (χ1v) is 7.52. The molecule has 0 spiro atoms. The molecular formula is C13H18BrN3O5. The largest absolute Gasteiger partial charge is 0.462 e. The van der Waals surface area contributed by atoms with E-state index >= 15 is 0 Å². The molecule has 3 unspecified atom stereocenters. The minimum absolute atomic E-state index is 0.0946. The van der Waals surface area contributed by atoms with Crippen LogP contribution in [0.2, 0.25) is 0 Å². The van der Waals surface area contributed by atoms with Crippen LogP contribution in [0.3, 0.4) is 0 Å². The third kappa shape index (κ3) is 3.84. The van der Waals surface area contributed by atoms with E-state index in [2.05, 4.69) is 20.9 Å². The molecule has 2 heterocycles. The van der Waals surface area contributed by atoms with Crippen molar-refractivity contribution in [2.45, 2.75) is 43.0 Å². The monoisotopic (exact) mass is 375 g/mol. The quantitative estimate of drug-likeness (QED) is 0.569. The molecule has 2 rings (SSSR count). The van der Waals surface area contributed by atoms with Gasteiger partial charge in [0.05, 0.1) is 6.10 Å². The highest BCUT2D eigenvalue weighted by atomic mass is 79.9. The zero-order chi connectivity index (χ0) is 16.5. The number of hydrogen-bond donors (Lipinski definition) is 2. The lowest BCUT2D eigenvalue weighted by Crippen LogP contribution is -2.33. The fourth-order valence-corrected chi connectivity index (χ4v) is 2.12. The zero-order valence-electron chi connectivity index (χ0n) is 12.2. The number of ether oxygens (including phenoxy) is 2. The van der Waals surface area contributed by atoms with Gasteiger partial charge in [0.2, 0.25) is 0 Å². The normalized spacial score (nSPS) is 25.2. The molecule has 1 fully saturated rings. The predicted octanol–water partition coefficient (Wildman–Crippen LogP) is 0.191. The number of rotatable bonds is 4. The summed E-state index contributed by atoms with van der Waals surface area (Å²) in [5.41, 5.74) is 4.87. The van der Waals surface area contributed by atoms with E-state index in [4.69, 9.17) is 15.2 Å². The predicted molar refractivity (Wildman–Crippen MR) is 81.4 cm³/mol. The fourth-order valence-electron chi connectivity index (χ4n) is 2.01. The van der Waals surface area contributed by atoms with Crippen LogP contribution in [-0.4, -0.2) is 43.8 Å². The van der Waals surface area contributed by atoms with Crippen LogP contribution >= 0.6 is 15.9 Å². The summed E-state index contributed by atoms with van der Waals surface area (Å²) >= 11 is 3.19. The molecule has 0 saturated carbocycles. The molecule has 3 atom stereocenters. The Morgan fingerprint density at radius 1 is 1.68 bits per heavy atom. The Balaban J connectivity index is 2.00. The lowest BCUT2D eigenvalue weighted by atomic mass is 10.2. The highest BCUT2D eigenvalue weighted by Crippen LogP contribution is 2.28. The van der Waals surface area contributed by atoms with Gasteiger partial charge in [0.25, 0.3) is 0 Å². The van der Waals surface area contributed by atoms with E-state index in [1.54, 1.807) is 13.8 Å². The number of carbonyl (C=O) groups is 1. The van der Waals surface area contributed by atoms with Gasteiger partial charge in [0.1, 0.15) is 29.1 Å². The van der Waals surface area contributed by atoms with E-state index in [-0.39, 0.29) is 18.8 Å². The van der Waals surface area contributed by atoms with Crippen molar-refractivity contribution < 1.29 is 19.4 Å². The molecule has 0 amide bonds. The number of nitrogen functional groups attached to an aromatic ring is 1. The molecule has 122 valence electrons. The molecule has 22 heavy (non-hydrogen) atoms. The number of hydrogen-bond acceptors (Lipinski definition) is 7. The van der Waals surface area contributed by atoms with E-state index < -0.39 is 34.4 Å². The van der Waals surface area contributed by atoms with Gasteiger partial charge in [0.15, 0.2) is 0 Å². The third-order valence-corrected chi connectivity index (χ3v) is 3.55. The van der Waals surface area contributed by atoms with E-state index in [0.29, 0.717) is 0 Å². The Kier molecular flexibility index (Phi) is 4.88. The first-order chi connectivity index (χ1) is 10.2. The summed E-state index contributed by atoms with van der Waals surface area (Å²) in [6.45, 7) is 3.22. The summed E-state index contributed by atoms with van der Waals surface area (Å²) < 4.78 is 11.1. The van der Waals surface area contributed by atoms with Crippen molar-refractivity contribution in [2.75, 3.05) is 12.3 Å². The van der Waals surface area contributed by atoms with Crippen molar-refractivity contribution in [3.63, 3.8) is 0 Å². The number of esters is 1. The van der Waals surface area contributed by atoms with Crippen molar-refractivity contribution in [1.29, 1.82) is 0 Å². The average Bonchev–Trinajstić information content (AvgIpc) is 2.76. The van der Waals surface area contributed by atoms with Crippen LogP contribution in [0.15, 0.2) is 17.1 Å². The second-order valence-electron chi connectivity index (χ2n) is 5.55. The van der Waals surface area contributed by atoms with Crippen LogP contribution in [0.25, 0.3) is 0 Å². The molecule has 1 aliphatic rings. The summed E-state index contributed by atoms with van der Waals surface area (Å²) in [7, 11) is 0. The first kappa shape index (κ1) is 16.9. The maximum atomic E-state index is 11.8. The van der Waals surface area contributed by atoms with Gasteiger partial charge in [-0.2, -0.15) is 4.98 Å². The molecule has 0 aliphatic carbocycles. The van der Waals surface area contributed by atoms with E-state index in [0.717, 1.165) is 0 Å². The highest BCUT2D eigenvalue weighted by Gasteiger charge is 2.37. The molecule has 1 saturated heterocycles. The summed E-state index contributed by atoms with van der Waals surface area (Å²) in [6.07, 6.45) is -0.561. The van der Waals surface area contributed by atoms with Crippen molar-refractivity contribution in [3.05, 3.63) is 22.7 Å². The number of alkyl halides is 1. The smallest absolute Gasteiger partial charge is 0.351 e. The zero-order valence-corrected chi connectivity index (χ0v) is 13.8. The van der Waals surface area contributed by atoms with Gasteiger partial charge in [0, 0.05) is 12.6 Å². The van der Waals surface area contributed by atoms with Crippen molar-refractivity contribution in [1.82, 2.24) is 9.55 Å². The minimum atomic E-state index is -0.847. The van der Waals surface area contributed by atoms with Crippen molar-refractivity contribution >= 4 is 27.7 Å². The molecule has 0 bridgehead atoms. The van der Waals surface area contributed by atoms with Gasteiger partial charge in [-0.25, -0.2) is 4.79 Å². The second-order valence-corrected chi connectivity index (χ2v) is 7.53. The topological polar surface area (TPSA) is 117 Å². The fraction of sp³-hybridized carbons (Fsp3) is 0.615. The van der Waals surface area contributed by atoms with Gasteiger partial charge in [-0.1, -0.05) is 15.9 Å². The number of aliphatic hydroxyl groups is 1. The van der Waals surface area contributed by atoms with E-state index in [1.165, 1.54) is 16.8 Å². The molecule has 1 aromatic heterocycles. The summed E-state index contributed by atoms with van der Waals surface area (Å²) in [5.74, 6) is -0.345. The average molecular weight is 376 g/mol. The standard InChI is InChI=1S/C13H18BrN3O5/c1-13(2,14)11(19)21-6-8-7(18)5-10(22-8)17-4-3-9(15)16-12(17)20/h3-4,7-8,10,18H,5-6H2,1-2H3,(H2,15,16,20). The number of anilines is 1. The maximum Gasteiger partial charge on any atom is 0.351 e. The second kappa shape index (κ2) is 6.35. The number of aliphatic hydroxyl groups excluding tert-OH is 1. The Morgan fingerprint density at radius 3 is 2.95 bits per heavy atom. The number of nitrogens with zero attached hydrogens (tertiary/aromatic N) is 2. The Hall–Kier alpha value is -1.45. The third-order valence-electron chi connectivity index (χ3n) is 3.23. The van der Waals surface area contributed by atoms with Crippen LogP contribution in [0.4, 0.5) is 5.82 Å². The molecule has 1 aromatic rings. The minimum Gasteiger partial charge on any atom is -0.462 e. The van der Waals surface area contributed by atoms with Gasteiger partial charge in [-0.05, 0) is 19.9 Å². The number of carbonyl (C=O) groups excluding carboxylic acids is 1. The first-order valence-electron chi connectivity index (χ1n) is 6.73. The van der Waals surface area contributed by atoms with Crippen LogP contribution in [0, 0.1) is 0 Å². The van der Waals surface area contributed by atoms with Gasteiger partial charge < -0.3 is 20.3 Å². The molecule has 0 radical (unpaired) electrons. The highest BCUT2D eigenvalue weighted by molar-refractivity contribution is 9.10. The van der Waals surface area contributed by atoms with E-state index in [1.807, 2.05) is 0 Å². The number of aromatic nitrogens is 2. The molecule has 1 aliphatic heterocycles. The van der Waals surface area contributed by atoms with Crippen molar-refractivity contribution in [3.8, 4) is 0 Å². The summed E-state index contributed by atoms with van der Waals surface area (Å²) in [4.78, 5) is 27.0. The SMILES string of the molecule is CC(C)(Br)C(=O)OCC1OC(n2ccc(N)nc2=O)CC1O. The molecular weight excluding hydrogens is 358 g/mol. The summed E-state index contributed by atoms with van der Waals surface area (Å²) in [6, 6.07) is 1.47. The molecule has 9 heteroatoms. The Bertz CT molecular complexity index is 612. The number of nitrogens with two attached hydrogens (primary N) is 1. The summed E-state index contributed by atoms with van der Waals surface area (Å²) in [5, 5.41) is 9.99. The van der Waals surface area contributed by atoms with Crippen LogP contribution < -0.4 is 11.4 Å². The van der Waals surface area contributed by atoms with Gasteiger partial charge >= 0.3 is 11.7 Å². The molecule has 3 N–H and O–H groups in total. The van der Waals surface area contributed by atoms with Crippen molar-refractivity contribution in [2.24, 2.45) is 0 Å². The Morgan fingerprint density at radius 2 is 2.36 bits per heavy atom. The lowest BCUT2D eigenvalue weighted by Gasteiger charge is -2.19. The molecule has 0 aromatic carbocycles. The van der Waals surface area contributed by atoms with Gasteiger partial charge in [-0.3, -0.25) is 9.36 Å². The van der Waals surface area contributed by atoms with Crippen LogP contribution in [0.5, 0.6) is 0 Å². The number of halogens is 1. The maximum absolute atomic E-state index is 11.8. The van der Waals surface area contributed by atoms with Gasteiger partial charge in [-0.15, -0.1) is 0 Å². The van der Waals surface area contributed by atoms with Crippen LogP contribution in [-0.2, 0) is 14.3 Å². The van der Waals surface area contributed by atoms with Crippen LogP contribution in [0.1, 0.15) is 26.5 Å². The Labute approximate surface area is 135 Å². The molecule has 8 nitrogen and oxygen atoms in total. The lowest BCUT2D eigenvalue weighted by molar-refractivity contribution is -0.151. The van der Waals surface area contributed by atoms with E-state index in [9.17, 15) is 14.7 Å².